The third-order valence-electron chi connectivity index (χ3n) is 3.74. The number of carbonyl (C=O) groups excluding carboxylic acids is 1. The maximum absolute atomic E-state index is 12.1. The minimum Gasteiger partial charge on any atom is -0.444 e. The third kappa shape index (κ3) is 5.21. The minimum absolute atomic E-state index is 0.0431. The van der Waals surface area contributed by atoms with E-state index >= 15 is 0 Å². The monoisotopic (exact) mass is 315 g/mol. The number of amides is 1. The van der Waals surface area contributed by atoms with Crippen molar-refractivity contribution in [3.63, 3.8) is 0 Å². The lowest BCUT2D eigenvalue weighted by molar-refractivity contribution is -0.116. The van der Waals surface area contributed by atoms with Crippen molar-refractivity contribution in [3.8, 4) is 11.5 Å². The van der Waals surface area contributed by atoms with Gasteiger partial charge in [-0.1, -0.05) is 18.9 Å². The number of aromatic nitrogens is 1. The molecule has 0 fully saturated rings. The zero-order chi connectivity index (χ0) is 16.7. The Bertz CT molecular complexity index is 649. The fraction of sp³-hybridized carbons (Fsp3) is 0.444. The minimum atomic E-state index is 0.0431. The van der Waals surface area contributed by atoms with Crippen molar-refractivity contribution in [2.75, 3.05) is 11.9 Å². The summed E-state index contributed by atoms with van der Waals surface area (Å²) in [7, 11) is 0. The molecule has 0 bridgehead atoms. The van der Waals surface area contributed by atoms with Crippen LogP contribution in [0.5, 0.6) is 0 Å². The Kier molecular flexibility index (Phi) is 6.35. The van der Waals surface area contributed by atoms with Gasteiger partial charge in [0.25, 0.3) is 0 Å². The molecule has 124 valence electrons. The van der Waals surface area contributed by atoms with Crippen molar-refractivity contribution in [1.82, 2.24) is 4.98 Å². The van der Waals surface area contributed by atoms with Gasteiger partial charge in [0.1, 0.15) is 6.26 Å². The molecule has 0 aliphatic carbocycles. The smallest absolute Gasteiger partial charge is 0.226 e. The van der Waals surface area contributed by atoms with Crippen LogP contribution in [0.1, 0.15) is 43.4 Å². The average Bonchev–Trinajstić information content (AvgIpc) is 2.96. The van der Waals surface area contributed by atoms with Gasteiger partial charge in [0, 0.05) is 17.7 Å². The van der Waals surface area contributed by atoms with Crippen molar-refractivity contribution in [3.05, 3.63) is 35.7 Å². The summed E-state index contributed by atoms with van der Waals surface area (Å²) in [5.41, 5.74) is 8.99. The van der Waals surface area contributed by atoms with Crippen molar-refractivity contribution >= 4 is 11.6 Å². The van der Waals surface area contributed by atoms with E-state index in [9.17, 15) is 4.79 Å². The number of rotatable bonds is 8. The Hall–Kier alpha value is -2.14. The summed E-state index contributed by atoms with van der Waals surface area (Å²) < 4.78 is 5.42. The van der Waals surface area contributed by atoms with E-state index in [4.69, 9.17) is 10.2 Å². The van der Waals surface area contributed by atoms with Gasteiger partial charge in [0.2, 0.25) is 11.8 Å². The molecule has 0 aliphatic heterocycles. The quantitative estimate of drug-likeness (QED) is 0.726. The van der Waals surface area contributed by atoms with Gasteiger partial charge in [0.05, 0.1) is 5.69 Å². The first kappa shape index (κ1) is 17.2. The lowest BCUT2D eigenvalue weighted by Crippen LogP contribution is -2.12. The molecule has 23 heavy (non-hydrogen) atoms. The van der Waals surface area contributed by atoms with E-state index in [0.717, 1.165) is 54.7 Å². The molecule has 1 aromatic heterocycles. The van der Waals surface area contributed by atoms with E-state index in [0.29, 0.717) is 12.3 Å². The molecule has 0 radical (unpaired) electrons. The maximum atomic E-state index is 12.1. The number of hydrogen-bond acceptors (Lipinski definition) is 4. The van der Waals surface area contributed by atoms with Crippen LogP contribution in [0.2, 0.25) is 0 Å². The topological polar surface area (TPSA) is 81.2 Å². The first-order valence-corrected chi connectivity index (χ1v) is 8.13. The van der Waals surface area contributed by atoms with Crippen LogP contribution in [-0.4, -0.2) is 17.4 Å². The summed E-state index contributed by atoms with van der Waals surface area (Å²) in [6.45, 7) is 4.58. The molecule has 2 rings (SSSR count). The van der Waals surface area contributed by atoms with Crippen LogP contribution in [0.4, 0.5) is 5.69 Å². The first-order chi connectivity index (χ1) is 11.1. The molecule has 3 N–H and O–H groups in total. The Morgan fingerprint density at radius 1 is 1.22 bits per heavy atom. The largest absolute Gasteiger partial charge is 0.444 e. The van der Waals surface area contributed by atoms with Crippen LogP contribution in [0.3, 0.4) is 0 Å². The highest BCUT2D eigenvalue weighted by molar-refractivity contribution is 5.92. The molecule has 5 nitrogen and oxygen atoms in total. The molecule has 2 aromatic rings. The number of nitrogens with one attached hydrogen (secondary N) is 1. The lowest BCUT2D eigenvalue weighted by Gasteiger charge is -2.09. The zero-order valence-electron chi connectivity index (χ0n) is 13.9. The molecule has 0 atom stereocenters. The van der Waals surface area contributed by atoms with Crippen LogP contribution in [0.15, 0.2) is 28.9 Å². The second-order valence-electron chi connectivity index (χ2n) is 5.82. The summed E-state index contributed by atoms with van der Waals surface area (Å²) in [6, 6.07) is 5.82. The molecule has 1 aromatic carbocycles. The molecule has 5 heteroatoms. The highest BCUT2D eigenvalue weighted by atomic mass is 16.3. The standard InChI is InChI=1S/C18H25N3O2/c1-13-8-9-15(18-20-14(2)12-23-18)11-16(13)21-17(22)7-5-3-4-6-10-19/h8-9,11-12H,3-7,10,19H2,1-2H3,(H,21,22). The van der Waals surface area contributed by atoms with Gasteiger partial charge in [-0.3, -0.25) is 4.79 Å². The van der Waals surface area contributed by atoms with Crippen LogP contribution >= 0.6 is 0 Å². The van der Waals surface area contributed by atoms with Crippen LogP contribution in [-0.2, 0) is 4.79 Å². The molecule has 0 aliphatic rings. The maximum Gasteiger partial charge on any atom is 0.226 e. The van der Waals surface area contributed by atoms with Crippen molar-refractivity contribution in [2.24, 2.45) is 5.73 Å². The predicted molar refractivity (Wildman–Crippen MR) is 92.2 cm³/mol. The van der Waals surface area contributed by atoms with E-state index in [2.05, 4.69) is 10.3 Å². The van der Waals surface area contributed by atoms with Gasteiger partial charge in [0.15, 0.2) is 0 Å². The molecule has 1 heterocycles. The van der Waals surface area contributed by atoms with Crippen LogP contribution < -0.4 is 11.1 Å². The molecule has 0 spiro atoms. The molecular weight excluding hydrogens is 290 g/mol. The Morgan fingerprint density at radius 3 is 2.70 bits per heavy atom. The Balaban J connectivity index is 1.95. The van der Waals surface area contributed by atoms with Gasteiger partial charge < -0.3 is 15.5 Å². The average molecular weight is 315 g/mol. The number of unbranched alkanes of at least 4 members (excludes halogenated alkanes) is 3. The van der Waals surface area contributed by atoms with Gasteiger partial charge in [-0.2, -0.15) is 0 Å². The molecule has 0 saturated heterocycles. The number of nitrogens with two attached hydrogens (primary N) is 1. The van der Waals surface area contributed by atoms with Crippen LogP contribution in [0.25, 0.3) is 11.5 Å². The fourth-order valence-corrected chi connectivity index (χ4v) is 2.37. The first-order valence-electron chi connectivity index (χ1n) is 8.13. The number of hydrogen-bond donors (Lipinski definition) is 2. The van der Waals surface area contributed by atoms with Gasteiger partial charge >= 0.3 is 0 Å². The van der Waals surface area contributed by atoms with E-state index in [1.165, 1.54) is 0 Å². The van der Waals surface area contributed by atoms with Crippen molar-refractivity contribution < 1.29 is 9.21 Å². The van der Waals surface area contributed by atoms with Gasteiger partial charge in [-0.05, 0) is 50.9 Å². The van der Waals surface area contributed by atoms with Crippen molar-refractivity contribution in [2.45, 2.75) is 46.0 Å². The van der Waals surface area contributed by atoms with E-state index in [1.54, 1.807) is 6.26 Å². The molecule has 1 amide bonds. The summed E-state index contributed by atoms with van der Waals surface area (Å²) in [6.07, 6.45) is 6.20. The number of anilines is 1. The summed E-state index contributed by atoms with van der Waals surface area (Å²) in [5.74, 6) is 0.612. The summed E-state index contributed by atoms with van der Waals surface area (Å²) in [5, 5.41) is 2.98. The number of benzene rings is 1. The third-order valence-corrected chi connectivity index (χ3v) is 3.74. The Labute approximate surface area is 137 Å². The highest BCUT2D eigenvalue weighted by Crippen LogP contribution is 2.25. The van der Waals surface area contributed by atoms with Gasteiger partial charge in [-0.25, -0.2) is 4.98 Å². The van der Waals surface area contributed by atoms with Gasteiger partial charge in [-0.15, -0.1) is 0 Å². The molecule has 0 saturated carbocycles. The van der Waals surface area contributed by atoms with E-state index < -0.39 is 0 Å². The molecular formula is C18H25N3O2. The number of oxazole rings is 1. The van der Waals surface area contributed by atoms with Crippen LogP contribution in [0, 0.1) is 13.8 Å². The van der Waals surface area contributed by atoms with E-state index in [-0.39, 0.29) is 5.91 Å². The zero-order valence-corrected chi connectivity index (χ0v) is 13.9. The normalized spacial score (nSPS) is 10.7. The van der Waals surface area contributed by atoms with E-state index in [1.807, 2.05) is 32.0 Å². The predicted octanol–water partition coefficient (Wildman–Crippen LogP) is 3.81. The second kappa shape index (κ2) is 8.48. The number of aryl methyl sites for hydroxylation is 2. The summed E-state index contributed by atoms with van der Waals surface area (Å²) >= 11 is 0. The number of nitrogens with zero attached hydrogens (tertiary/aromatic N) is 1. The Morgan fingerprint density at radius 2 is 2.00 bits per heavy atom. The summed E-state index contributed by atoms with van der Waals surface area (Å²) in [4.78, 5) is 16.4. The lowest BCUT2D eigenvalue weighted by atomic mass is 10.1. The fourth-order valence-electron chi connectivity index (χ4n) is 2.37. The highest BCUT2D eigenvalue weighted by Gasteiger charge is 2.09. The SMILES string of the molecule is Cc1coc(-c2ccc(C)c(NC(=O)CCCCCCN)c2)n1. The second-order valence-corrected chi connectivity index (χ2v) is 5.82. The number of carbonyl (C=O) groups is 1. The van der Waals surface area contributed by atoms with Crippen molar-refractivity contribution in [1.29, 1.82) is 0 Å². The molecule has 0 unspecified atom stereocenters.